The van der Waals surface area contributed by atoms with Gasteiger partial charge in [0.2, 0.25) is 5.75 Å². The van der Waals surface area contributed by atoms with E-state index in [9.17, 15) is 13.2 Å². The Morgan fingerprint density at radius 1 is 0.958 bits per heavy atom. The molecule has 0 radical (unpaired) electrons. The van der Waals surface area contributed by atoms with Crippen molar-refractivity contribution >= 4 is 10.1 Å². The Kier molecular flexibility index (Phi) is 5.03. The summed E-state index contributed by atoms with van der Waals surface area (Å²) in [4.78, 5) is 11.4. The van der Waals surface area contributed by atoms with E-state index in [1.165, 1.54) is 50.3 Å². The molecule has 8 nitrogen and oxygen atoms in total. The van der Waals surface area contributed by atoms with Gasteiger partial charge < -0.3 is 23.0 Å². The smallest absolute Gasteiger partial charge is 0.339 e. The van der Waals surface area contributed by atoms with E-state index in [1.807, 2.05) is 0 Å². The van der Waals surface area contributed by atoms with Gasteiger partial charge in [0.05, 0.1) is 21.3 Å². The number of hydrogen-bond acceptors (Lipinski definition) is 7. The van der Waals surface area contributed by atoms with Gasteiger partial charge in [-0.1, -0.05) is 0 Å². The van der Waals surface area contributed by atoms with Gasteiger partial charge in [0.1, 0.15) is 10.6 Å². The van der Waals surface area contributed by atoms with E-state index in [2.05, 4.69) is 0 Å². The van der Waals surface area contributed by atoms with Crippen LogP contribution in [0.25, 0.3) is 0 Å². The molecule has 0 saturated heterocycles. The van der Waals surface area contributed by atoms with Crippen LogP contribution in [0.4, 0.5) is 0 Å². The molecule has 0 aliphatic heterocycles. The summed E-state index contributed by atoms with van der Waals surface area (Å²) in [5, 5.41) is 0. The van der Waals surface area contributed by atoms with Crippen molar-refractivity contribution in [3.63, 3.8) is 0 Å². The second-order valence-electron chi connectivity index (χ2n) is 4.71. The predicted molar refractivity (Wildman–Crippen MR) is 85.6 cm³/mol. The molecule has 0 aliphatic rings. The fraction of sp³-hybridized carbons (Fsp3) is 0.267. The number of aromatic nitrogens is 1. The molecule has 0 aliphatic carbocycles. The molecule has 0 fully saturated rings. The van der Waals surface area contributed by atoms with Gasteiger partial charge in [-0.25, -0.2) is 0 Å². The van der Waals surface area contributed by atoms with Crippen molar-refractivity contribution in [1.29, 1.82) is 0 Å². The van der Waals surface area contributed by atoms with Crippen LogP contribution >= 0.6 is 0 Å². The maximum Gasteiger partial charge on any atom is 0.339 e. The molecule has 1 aromatic heterocycles. The summed E-state index contributed by atoms with van der Waals surface area (Å²) in [5.41, 5.74) is -0.396. The average molecular weight is 355 g/mol. The average Bonchev–Trinajstić information content (AvgIpc) is 2.56. The van der Waals surface area contributed by atoms with Crippen LogP contribution < -0.4 is 24.0 Å². The Hall–Kier alpha value is -2.68. The maximum atomic E-state index is 12.5. The van der Waals surface area contributed by atoms with Crippen molar-refractivity contribution in [3.8, 4) is 23.0 Å². The molecule has 0 amide bonds. The highest BCUT2D eigenvalue weighted by Crippen LogP contribution is 2.39. The van der Waals surface area contributed by atoms with Crippen LogP contribution in [0.15, 0.2) is 40.2 Å². The quantitative estimate of drug-likeness (QED) is 0.718. The van der Waals surface area contributed by atoms with E-state index in [0.29, 0.717) is 0 Å². The van der Waals surface area contributed by atoms with Crippen molar-refractivity contribution in [3.05, 3.63) is 40.8 Å². The van der Waals surface area contributed by atoms with Crippen LogP contribution in [-0.2, 0) is 17.2 Å². The lowest BCUT2D eigenvalue weighted by atomic mass is 10.3. The third-order valence-corrected chi connectivity index (χ3v) is 4.43. The normalized spacial score (nSPS) is 11.0. The summed E-state index contributed by atoms with van der Waals surface area (Å²) in [5.74, 6) is 0.505. The Balaban J connectivity index is 2.48. The summed E-state index contributed by atoms with van der Waals surface area (Å²) >= 11 is 0. The fourth-order valence-electron chi connectivity index (χ4n) is 1.96. The number of rotatable bonds is 6. The maximum absolute atomic E-state index is 12.5. The standard InChI is InChI=1S/C15H17NO7S/c1-16-6-5-10(7-14(16)17)23-24(18,19)11-8-12(20-2)15(22-4)13(9-11)21-3/h5-9H,1-4H3. The molecule has 9 heteroatoms. The zero-order chi connectivity index (χ0) is 17.9. The summed E-state index contributed by atoms with van der Waals surface area (Å²) in [6, 6.07) is 4.95. The van der Waals surface area contributed by atoms with E-state index in [0.717, 1.165) is 6.07 Å². The fourth-order valence-corrected chi connectivity index (χ4v) is 2.91. The highest BCUT2D eigenvalue weighted by molar-refractivity contribution is 7.87. The molecule has 2 aromatic rings. The minimum Gasteiger partial charge on any atom is -0.493 e. The lowest BCUT2D eigenvalue weighted by Gasteiger charge is -2.14. The number of nitrogens with zero attached hydrogens (tertiary/aromatic N) is 1. The number of hydrogen-bond donors (Lipinski definition) is 0. The number of ether oxygens (including phenoxy) is 3. The third-order valence-electron chi connectivity index (χ3n) is 3.21. The van der Waals surface area contributed by atoms with Gasteiger partial charge in [-0.05, 0) is 6.07 Å². The summed E-state index contributed by atoms with van der Waals surface area (Å²) < 4.78 is 46.6. The molecule has 130 valence electrons. The van der Waals surface area contributed by atoms with Crippen molar-refractivity contribution in [2.75, 3.05) is 21.3 Å². The van der Waals surface area contributed by atoms with Crippen LogP contribution in [0, 0.1) is 0 Å². The van der Waals surface area contributed by atoms with Crippen molar-refractivity contribution in [1.82, 2.24) is 4.57 Å². The Morgan fingerprint density at radius 3 is 2.00 bits per heavy atom. The Labute approximate surface area is 139 Å². The first-order valence-corrected chi connectivity index (χ1v) is 8.14. The number of pyridine rings is 1. The first-order valence-electron chi connectivity index (χ1n) is 6.73. The molecule has 1 aromatic carbocycles. The minimum atomic E-state index is -4.20. The van der Waals surface area contributed by atoms with E-state index in [1.54, 1.807) is 7.05 Å². The second kappa shape index (κ2) is 6.83. The van der Waals surface area contributed by atoms with Crippen molar-refractivity contribution in [2.45, 2.75) is 4.90 Å². The van der Waals surface area contributed by atoms with E-state index in [4.69, 9.17) is 18.4 Å². The van der Waals surface area contributed by atoms with Gasteiger partial charge in [0.25, 0.3) is 5.56 Å². The van der Waals surface area contributed by atoms with Gasteiger partial charge in [0.15, 0.2) is 11.5 Å². The molecule has 0 unspecified atom stereocenters. The summed E-state index contributed by atoms with van der Waals surface area (Å²) in [6.07, 6.45) is 1.41. The minimum absolute atomic E-state index is 0.0909. The summed E-state index contributed by atoms with van der Waals surface area (Å²) in [7, 11) is 1.49. The highest BCUT2D eigenvalue weighted by atomic mass is 32.2. The zero-order valence-electron chi connectivity index (χ0n) is 13.6. The van der Waals surface area contributed by atoms with E-state index in [-0.39, 0.29) is 27.9 Å². The molecule has 0 bridgehead atoms. The van der Waals surface area contributed by atoms with Crippen LogP contribution in [-0.4, -0.2) is 34.3 Å². The van der Waals surface area contributed by atoms with Crippen LogP contribution in [0.1, 0.15) is 0 Å². The van der Waals surface area contributed by atoms with Crippen LogP contribution in [0.5, 0.6) is 23.0 Å². The van der Waals surface area contributed by atoms with Gasteiger partial charge in [0, 0.05) is 31.4 Å². The first-order chi connectivity index (χ1) is 11.3. The molecule has 2 rings (SSSR count). The molecule has 0 atom stereocenters. The number of benzene rings is 1. The Morgan fingerprint density at radius 2 is 1.54 bits per heavy atom. The van der Waals surface area contributed by atoms with Crippen LogP contribution in [0.3, 0.4) is 0 Å². The molecule has 0 saturated carbocycles. The Bertz CT molecular complexity index is 877. The van der Waals surface area contributed by atoms with E-state index >= 15 is 0 Å². The molecule has 0 N–H and O–H groups in total. The number of aryl methyl sites for hydroxylation is 1. The number of methoxy groups -OCH3 is 3. The molecule has 0 spiro atoms. The zero-order valence-corrected chi connectivity index (χ0v) is 14.4. The topological polar surface area (TPSA) is 93.1 Å². The lowest BCUT2D eigenvalue weighted by molar-refractivity contribution is 0.322. The molecule has 1 heterocycles. The largest absolute Gasteiger partial charge is 0.493 e. The lowest BCUT2D eigenvalue weighted by Crippen LogP contribution is -2.17. The third kappa shape index (κ3) is 3.46. The summed E-state index contributed by atoms with van der Waals surface area (Å²) in [6.45, 7) is 0. The van der Waals surface area contributed by atoms with Gasteiger partial charge in [-0.15, -0.1) is 0 Å². The van der Waals surface area contributed by atoms with Gasteiger partial charge in [-0.2, -0.15) is 8.42 Å². The second-order valence-corrected chi connectivity index (χ2v) is 6.26. The molecular weight excluding hydrogens is 338 g/mol. The molecular formula is C15H17NO7S. The molecule has 24 heavy (non-hydrogen) atoms. The van der Waals surface area contributed by atoms with Crippen LogP contribution in [0.2, 0.25) is 0 Å². The van der Waals surface area contributed by atoms with Crippen molar-refractivity contribution < 1.29 is 26.8 Å². The van der Waals surface area contributed by atoms with E-state index < -0.39 is 15.7 Å². The monoisotopic (exact) mass is 355 g/mol. The van der Waals surface area contributed by atoms with Gasteiger partial charge in [-0.3, -0.25) is 4.79 Å². The first kappa shape index (κ1) is 17.7. The van der Waals surface area contributed by atoms with Gasteiger partial charge >= 0.3 is 10.1 Å². The SMILES string of the molecule is COc1cc(S(=O)(=O)Oc2ccn(C)c(=O)c2)cc(OC)c1OC. The highest BCUT2D eigenvalue weighted by Gasteiger charge is 2.23. The van der Waals surface area contributed by atoms with Crippen molar-refractivity contribution in [2.24, 2.45) is 7.05 Å². The predicted octanol–water partition coefficient (Wildman–Crippen LogP) is 1.18.